The second-order valence-corrected chi connectivity index (χ2v) is 16.6. The molecule has 0 saturated carbocycles. The summed E-state index contributed by atoms with van der Waals surface area (Å²) < 4.78 is 106. The molecule has 0 aromatic heterocycles. The van der Waals surface area contributed by atoms with Gasteiger partial charge in [-0.05, 0) is 62.7 Å². The molecule has 10 nitrogen and oxygen atoms in total. The van der Waals surface area contributed by atoms with Crippen LogP contribution in [-0.4, -0.2) is 55.2 Å². The lowest BCUT2D eigenvalue weighted by molar-refractivity contribution is 0.525. The van der Waals surface area contributed by atoms with Crippen molar-refractivity contribution in [3.63, 3.8) is 0 Å². The Morgan fingerprint density at radius 2 is 0.784 bits per heavy atom. The minimum absolute atomic E-state index is 0.0638. The van der Waals surface area contributed by atoms with Crippen LogP contribution in [0.25, 0.3) is 0 Å². The fourth-order valence-electron chi connectivity index (χ4n) is 3.28. The number of sulfonamides is 4. The molecule has 0 bridgehead atoms. The summed E-state index contributed by atoms with van der Waals surface area (Å²) in [5.74, 6) is 0. The van der Waals surface area contributed by atoms with E-state index in [1.165, 1.54) is 61.5 Å². The van der Waals surface area contributed by atoms with Crippen molar-refractivity contribution in [3.05, 3.63) is 83.4 Å². The summed E-state index contributed by atoms with van der Waals surface area (Å²) in [6.45, 7) is 4.84. The number of aryl methyl sites for hydroxylation is 3. The van der Waals surface area contributed by atoms with E-state index in [-0.39, 0.29) is 22.8 Å². The van der Waals surface area contributed by atoms with Crippen LogP contribution in [0.2, 0.25) is 0 Å². The smallest absolute Gasteiger partial charge is 0.206 e. The Morgan fingerprint density at radius 1 is 0.459 bits per heavy atom. The van der Waals surface area contributed by atoms with Gasteiger partial charge in [-0.3, -0.25) is 0 Å². The van der Waals surface area contributed by atoms with Gasteiger partial charge in [0.2, 0.25) is 0 Å². The van der Waals surface area contributed by atoms with Gasteiger partial charge in [0.25, 0.3) is 40.1 Å². The maximum absolute atomic E-state index is 13.4. The van der Waals surface area contributed by atoms with Crippen molar-refractivity contribution in [3.8, 4) is 0 Å². The van der Waals surface area contributed by atoms with Crippen molar-refractivity contribution >= 4 is 40.1 Å². The van der Waals surface area contributed by atoms with Gasteiger partial charge in [0.1, 0.15) is 0 Å². The Labute approximate surface area is 218 Å². The first-order chi connectivity index (χ1) is 16.9. The van der Waals surface area contributed by atoms with Crippen LogP contribution in [0.1, 0.15) is 16.7 Å². The van der Waals surface area contributed by atoms with E-state index in [1.54, 1.807) is 13.8 Å². The van der Waals surface area contributed by atoms with E-state index in [0.29, 0.717) is 0 Å². The predicted molar refractivity (Wildman–Crippen MR) is 138 cm³/mol. The number of hydrogen-bond acceptors (Lipinski definition) is 8. The molecule has 14 heteroatoms. The maximum Gasteiger partial charge on any atom is 0.256 e. The van der Waals surface area contributed by atoms with E-state index >= 15 is 0 Å². The highest BCUT2D eigenvalue weighted by Crippen LogP contribution is 2.29. The molecule has 0 amide bonds. The molecular formula is C23H26N2O8S4. The summed E-state index contributed by atoms with van der Waals surface area (Å²) in [4.78, 5) is -1.79. The van der Waals surface area contributed by atoms with Crippen LogP contribution in [0, 0.1) is 20.8 Å². The Hall–Kier alpha value is -2.62. The molecule has 3 aromatic rings. The molecule has 200 valence electrons. The molecule has 0 radical (unpaired) electrons. The highest BCUT2D eigenvalue weighted by atomic mass is 32.3. The second kappa shape index (κ2) is 9.93. The zero-order valence-corrected chi connectivity index (χ0v) is 23.9. The van der Waals surface area contributed by atoms with Crippen LogP contribution < -0.4 is 0 Å². The van der Waals surface area contributed by atoms with Gasteiger partial charge in [-0.1, -0.05) is 48.9 Å². The summed E-state index contributed by atoms with van der Waals surface area (Å²) in [6.07, 6.45) is 0. The first-order valence-electron chi connectivity index (χ1n) is 10.7. The largest absolute Gasteiger partial charge is 0.256 e. The molecule has 0 spiro atoms. The van der Waals surface area contributed by atoms with Crippen molar-refractivity contribution < 1.29 is 33.7 Å². The van der Waals surface area contributed by atoms with Gasteiger partial charge in [-0.2, -0.15) is 0 Å². The lowest BCUT2D eigenvalue weighted by Crippen LogP contribution is -2.35. The van der Waals surface area contributed by atoms with Gasteiger partial charge in [0.05, 0.1) is 19.6 Å². The third-order valence-electron chi connectivity index (χ3n) is 5.73. The molecule has 3 aromatic carbocycles. The van der Waals surface area contributed by atoms with Crippen LogP contribution in [0.15, 0.2) is 86.3 Å². The summed E-state index contributed by atoms with van der Waals surface area (Å²) in [7, 11) is -16.9. The number of rotatable bonds is 8. The molecule has 3 rings (SSSR count). The summed E-state index contributed by atoms with van der Waals surface area (Å²) >= 11 is 0. The number of benzene rings is 3. The molecule has 0 heterocycles. The molecule has 37 heavy (non-hydrogen) atoms. The standard InChI is InChI=1S/C23H26N2O8S4/c1-17-6-11-20(12-7-17)34(26,27)24(4)36(30,31)22-15-10-19(3)23(16-22)37(32,33)25(5)35(28,29)21-13-8-18(2)9-14-21/h6-16H,1-5H3. The Balaban J connectivity index is 2.08. The Bertz CT molecular complexity index is 1760. The molecule has 0 fully saturated rings. The third kappa shape index (κ3) is 5.35. The zero-order chi connectivity index (χ0) is 28.0. The topological polar surface area (TPSA) is 143 Å². The van der Waals surface area contributed by atoms with Crippen molar-refractivity contribution in [2.75, 3.05) is 14.1 Å². The molecule has 0 unspecified atom stereocenters. The average Bonchev–Trinajstić information content (AvgIpc) is 2.83. The van der Waals surface area contributed by atoms with E-state index in [4.69, 9.17) is 0 Å². The molecule has 0 aliphatic heterocycles. The quantitative estimate of drug-likeness (QED) is 0.392. The van der Waals surface area contributed by atoms with Crippen LogP contribution in [0.4, 0.5) is 0 Å². The van der Waals surface area contributed by atoms with Crippen LogP contribution in [-0.2, 0) is 40.1 Å². The Morgan fingerprint density at radius 3 is 1.19 bits per heavy atom. The van der Waals surface area contributed by atoms with Crippen molar-refractivity contribution in [2.45, 2.75) is 40.4 Å². The normalized spacial score (nSPS) is 13.3. The third-order valence-corrected chi connectivity index (χ3v) is 14.4. The summed E-state index contributed by atoms with van der Waals surface area (Å²) in [5, 5.41) is 0. The lowest BCUT2D eigenvalue weighted by Gasteiger charge is -2.21. The van der Waals surface area contributed by atoms with Crippen LogP contribution in [0.3, 0.4) is 0 Å². The van der Waals surface area contributed by atoms with E-state index in [1.807, 2.05) is 0 Å². The SMILES string of the molecule is Cc1ccc(S(=O)(=O)N(C)S(=O)(=O)c2ccc(C)c(S(=O)(=O)N(C)S(=O)(=O)c3ccc(C)cc3)c2)cc1. The average molecular weight is 587 g/mol. The van der Waals surface area contributed by atoms with Gasteiger partial charge in [-0.25, -0.2) is 33.7 Å². The van der Waals surface area contributed by atoms with E-state index < -0.39 is 49.9 Å². The van der Waals surface area contributed by atoms with E-state index in [0.717, 1.165) is 37.4 Å². The summed E-state index contributed by atoms with van der Waals surface area (Å²) in [6, 6.07) is 14.0. The van der Waals surface area contributed by atoms with Crippen molar-refractivity contribution in [1.29, 1.82) is 0 Å². The maximum atomic E-state index is 13.4. The highest BCUT2D eigenvalue weighted by Gasteiger charge is 2.37. The monoisotopic (exact) mass is 586 g/mol. The van der Waals surface area contributed by atoms with Crippen LogP contribution >= 0.6 is 0 Å². The summed E-state index contributed by atoms with van der Waals surface area (Å²) in [5.41, 5.74) is 1.60. The van der Waals surface area contributed by atoms with E-state index in [2.05, 4.69) is 0 Å². The molecule has 0 saturated heterocycles. The number of hydrogen-bond donors (Lipinski definition) is 0. The van der Waals surface area contributed by atoms with E-state index in [9.17, 15) is 33.7 Å². The van der Waals surface area contributed by atoms with Gasteiger partial charge in [-0.15, -0.1) is 0 Å². The van der Waals surface area contributed by atoms with Gasteiger partial charge in [0.15, 0.2) is 0 Å². The van der Waals surface area contributed by atoms with Crippen molar-refractivity contribution in [1.82, 2.24) is 7.42 Å². The molecule has 0 aliphatic rings. The van der Waals surface area contributed by atoms with Gasteiger partial charge in [0, 0.05) is 14.1 Å². The van der Waals surface area contributed by atoms with Crippen molar-refractivity contribution in [2.24, 2.45) is 0 Å². The minimum atomic E-state index is -4.77. The first kappa shape index (κ1) is 28.9. The molecular weight excluding hydrogens is 561 g/mol. The fraction of sp³-hybridized carbons (Fsp3) is 0.217. The molecule has 0 atom stereocenters. The number of nitrogens with zero attached hydrogens (tertiary/aromatic N) is 2. The minimum Gasteiger partial charge on any atom is -0.206 e. The van der Waals surface area contributed by atoms with Crippen LogP contribution in [0.5, 0.6) is 0 Å². The lowest BCUT2D eigenvalue weighted by atomic mass is 10.2. The fourth-order valence-corrected chi connectivity index (χ4v) is 9.82. The Kier molecular flexibility index (Phi) is 7.76. The molecule has 0 N–H and O–H groups in total. The molecule has 0 aliphatic carbocycles. The van der Waals surface area contributed by atoms with Gasteiger partial charge < -0.3 is 0 Å². The first-order valence-corrected chi connectivity index (χ1v) is 16.4. The highest BCUT2D eigenvalue weighted by molar-refractivity contribution is 8.04. The van der Waals surface area contributed by atoms with Gasteiger partial charge >= 0.3 is 0 Å². The zero-order valence-electron chi connectivity index (χ0n) is 20.6. The second-order valence-electron chi connectivity index (χ2n) is 8.33. The predicted octanol–water partition coefficient (Wildman–Crippen LogP) is 2.63.